The van der Waals surface area contributed by atoms with E-state index in [-0.39, 0.29) is 11.8 Å². The molecule has 0 aliphatic carbocycles. The summed E-state index contributed by atoms with van der Waals surface area (Å²) in [6.07, 6.45) is 2.65. The molecule has 0 spiro atoms. The van der Waals surface area contributed by atoms with Crippen molar-refractivity contribution >= 4 is 35.3 Å². The Morgan fingerprint density at radius 1 is 0.605 bits per heavy atom. The average molecular weight is 579 g/mol. The molecule has 0 aliphatic rings. The highest BCUT2D eigenvalue weighted by Crippen LogP contribution is 2.35. The Labute approximate surface area is 250 Å². The van der Waals surface area contributed by atoms with Crippen LogP contribution in [0.2, 0.25) is 0 Å². The molecule has 6 N–H and O–H groups in total. The van der Waals surface area contributed by atoms with Crippen LogP contribution in [0.15, 0.2) is 109 Å². The van der Waals surface area contributed by atoms with Crippen LogP contribution < -0.4 is 10.6 Å². The second kappa shape index (κ2) is 13.7. The molecule has 0 saturated carbocycles. The molecule has 2 amide bonds. The van der Waals surface area contributed by atoms with E-state index < -0.39 is 30.1 Å². The van der Waals surface area contributed by atoms with Crippen molar-refractivity contribution in [1.82, 2.24) is 0 Å². The number of rotatable bonds is 10. The van der Waals surface area contributed by atoms with Crippen molar-refractivity contribution in [2.75, 3.05) is 23.8 Å². The summed E-state index contributed by atoms with van der Waals surface area (Å²) >= 11 is 0. The average Bonchev–Trinajstić information content (AvgIpc) is 3.00. The van der Waals surface area contributed by atoms with Crippen LogP contribution in [0.1, 0.15) is 43.0 Å². The summed E-state index contributed by atoms with van der Waals surface area (Å²) in [5.74, 6) is -1.41. The summed E-state index contributed by atoms with van der Waals surface area (Å²) in [5, 5.41) is 47.9. The smallest absolute Gasteiger partial charge is 0.255 e. The second-order valence-corrected chi connectivity index (χ2v) is 10.2. The first-order valence-electron chi connectivity index (χ1n) is 13.6. The molecule has 43 heavy (non-hydrogen) atoms. The van der Waals surface area contributed by atoms with Crippen LogP contribution in [-0.4, -0.2) is 45.5 Å². The minimum Gasteiger partial charge on any atom is -0.511 e. The van der Waals surface area contributed by atoms with Crippen LogP contribution in [0.5, 0.6) is 0 Å². The van der Waals surface area contributed by atoms with Crippen molar-refractivity contribution in [3.8, 4) is 0 Å². The summed E-state index contributed by atoms with van der Waals surface area (Å²) < 4.78 is 0. The normalized spacial score (nSPS) is 12.1. The highest BCUT2D eigenvalue weighted by Gasteiger charge is 2.38. The van der Waals surface area contributed by atoms with Crippen LogP contribution in [0.4, 0.5) is 11.4 Å². The van der Waals surface area contributed by atoms with Gasteiger partial charge in [-0.05, 0) is 84.7 Å². The van der Waals surface area contributed by atoms with Gasteiger partial charge in [0.15, 0.2) is 0 Å². The molecule has 220 valence electrons. The van der Waals surface area contributed by atoms with Crippen LogP contribution in [-0.2, 0) is 0 Å². The number of aryl methyl sites for hydroxylation is 2. The molecule has 4 rings (SSSR count). The standard InChI is InChI=1S/C35H34N2O6/c1-23-7-3-5-9-29(23)33(42)36-27-15-11-25(12-16-27)19-31(40)35(21-38,22-39)32(41)20-26-13-17-28(18-14-26)37-34(43)30-10-6-4-8-24(30)2/h3-20,38-41H,21-22H2,1-2H3,(H,36,42)(H,37,43). The molecule has 0 unspecified atom stereocenters. The molecular formula is C35H34N2O6. The molecule has 0 atom stereocenters. The first kappa shape index (κ1) is 30.8. The van der Waals surface area contributed by atoms with E-state index in [9.17, 15) is 30.0 Å². The number of amides is 2. The third-order valence-electron chi connectivity index (χ3n) is 7.24. The predicted molar refractivity (Wildman–Crippen MR) is 169 cm³/mol. The number of carbonyl (C=O) groups excluding carboxylic acids is 2. The van der Waals surface area contributed by atoms with Gasteiger partial charge in [0.05, 0.1) is 13.2 Å². The van der Waals surface area contributed by atoms with Crippen LogP contribution in [0.3, 0.4) is 0 Å². The predicted octanol–water partition coefficient (Wildman–Crippen LogP) is 6.28. The quantitative estimate of drug-likeness (QED) is 0.123. The van der Waals surface area contributed by atoms with E-state index in [1.165, 1.54) is 12.2 Å². The number of benzene rings is 4. The Kier molecular flexibility index (Phi) is 9.77. The summed E-state index contributed by atoms with van der Waals surface area (Å²) in [7, 11) is 0. The van der Waals surface area contributed by atoms with Gasteiger partial charge in [0, 0.05) is 22.5 Å². The van der Waals surface area contributed by atoms with Gasteiger partial charge in [0.25, 0.3) is 11.8 Å². The maximum Gasteiger partial charge on any atom is 0.255 e. The number of anilines is 2. The maximum atomic E-state index is 12.6. The Bertz CT molecular complexity index is 1530. The summed E-state index contributed by atoms with van der Waals surface area (Å²) in [6, 6.07) is 27.7. The zero-order valence-electron chi connectivity index (χ0n) is 23.9. The zero-order chi connectivity index (χ0) is 31.0. The molecule has 4 aromatic rings. The molecular weight excluding hydrogens is 544 g/mol. The summed E-state index contributed by atoms with van der Waals surface area (Å²) in [5.41, 5.74) is 3.06. The van der Waals surface area contributed by atoms with E-state index in [2.05, 4.69) is 10.6 Å². The van der Waals surface area contributed by atoms with E-state index in [0.717, 1.165) is 11.1 Å². The fourth-order valence-corrected chi connectivity index (χ4v) is 4.47. The molecule has 0 bridgehead atoms. The van der Waals surface area contributed by atoms with Crippen molar-refractivity contribution in [3.63, 3.8) is 0 Å². The summed E-state index contributed by atoms with van der Waals surface area (Å²) in [4.78, 5) is 25.2. The van der Waals surface area contributed by atoms with E-state index in [1.807, 2.05) is 38.1 Å². The van der Waals surface area contributed by atoms with Gasteiger partial charge >= 0.3 is 0 Å². The molecule has 0 fully saturated rings. The fraction of sp³-hybridized carbons (Fsp3) is 0.143. The van der Waals surface area contributed by atoms with E-state index in [4.69, 9.17) is 0 Å². The second-order valence-electron chi connectivity index (χ2n) is 10.2. The maximum absolute atomic E-state index is 12.6. The van der Waals surface area contributed by atoms with Gasteiger partial charge in [-0.15, -0.1) is 0 Å². The Balaban J connectivity index is 1.48. The number of aliphatic hydroxyl groups is 4. The number of nitrogens with one attached hydrogen (secondary N) is 2. The highest BCUT2D eigenvalue weighted by molar-refractivity contribution is 6.06. The zero-order valence-corrected chi connectivity index (χ0v) is 23.9. The van der Waals surface area contributed by atoms with Crippen LogP contribution in [0, 0.1) is 19.3 Å². The first-order valence-corrected chi connectivity index (χ1v) is 13.6. The molecule has 0 saturated heterocycles. The largest absolute Gasteiger partial charge is 0.511 e. The lowest BCUT2D eigenvalue weighted by molar-refractivity contribution is 0.0487. The van der Waals surface area contributed by atoms with Crippen molar-refractivity contribution in [1.29, 1.82) is 0 Å². The Morgan fingerprint density at radius 2 is 0.953 bits per heavy atom. The molecule has 4 aromatic carbocycles. The van der Waals surface area contributed by atoms with Crippen molar-refractivity contribution in [3.05, 3.63) is 142 Å². The highest BCUT2D eigenvalue weighted by atomic mass is 16.3. The van der Waals surface area contributed by atoms with Gasteiger partial charge < -0.3 is 31.1 Å². The molecule has 0 radical (unpaired) electrons. The van der Waals surface area contributed by atoms with E-state index in [0.29, 0.717) is 33.6 Å². The van der Waals surface area contributed by atoms with Gasteiger partial charge in [-0.25, -0.2) is 0 Å². The monoisotopic (exact) mass is 578 g/mol. The van der Waals surface area contributed by atoms with E-state index in [1.54, 1.807) is 72.8 Å². The summed E-state index contributed by atoms with van der Waals surface area (Å²) in [6.45, 7) is 2.16. The van der Waals surface area contributed by atoms with Crippen molar-refractivity contribution in [2.24, 2.45) is 5.41 Å². The van der Waals surface area contributed by atoms with Gasteiger partial charge in [0.2, 0.25) is 0 Å². The Hall–Kier alpha value is -5.18. The number of hydrogen-bond donors (Lipinski definition) is 6. The number of carbonyl (C=O) groups is 2. The first-order chi connectivity index (χ1) is 20.7. The number of hydrogen-bond acceptors (Lipinski definition) is 6. The molecule has 8 nitrogen and oxygen atoms in total. The fourth-order valence-electron chi connectivity index (χ4n) is 4.47. The lowest BCUT2D eigenvalue weighted by Gasteiger charge is -2.28. The van der Waals surface area contributed by atoms with Gasteiger partial charge in [-0.3, -0.25) is 9.59 Å². The SMILES string of the molecule is Cc1ccccc1C(=O)Nc1ccc(C=C(O)C(CO)(CO)C(O)=Cc2ccc(NC(=O)c3ccccc3C)cc2)cc1. The third-order valence-corrected chi connectivity index (χ3v) is 7.24. The van der Waals surface area contributed by atoms with Gasteiger partial charge in [-0.2, -0.15) is 0 Å². The lowest BCUT2D eigenvalue weighted by atomic mass is 9.83. The van der Waals surface area contributed by atoms with Crippen LogP contribution >= 0.6 is 0 Å². The molecule has 0 heterocycles. The van der Waals surface area contributed by atoms with Gasteiger partial charge in [-0.1, -0.05) is 60.7 Å². The molecule has 8 heteroatoms. The third kappa shape index (κ3) is 7.19. The molecule has 0 aromatic heterocycles. The minimum absolute atomic E-state index is 0.249. The Morgan fingerprint density at radius 3 is 1.28 bits per heavy atom. The van der Waals surface area contributed by atoms with E-state index >= 15 is 0 Å². The van der Waals surface area contributed by atoms with Gasteiger partial charge in [0.1, 0.15) is 16.9 Å². The topological polar surface area (TPSA) is 139 Å². The lowest BCUT2D eigenvalue weighted by Crippen LogP contribution is -2.34. The number of aliphatic hydroxyl groups excluding tert-OH is 4. The van der Waals surface area contributed by atoms with Crippen LogP contribution in [0.25, 0.3) is 12.2 Å². The minimum atomic E-state index is -1.87. The van der Waals surface area contributed by atoms with Crippen molar-refractivity contribution in [2.45, 2.75) is 13.8 Å². The molecule has 0 aliphatic heterocycles. The van der Waals surface area contributed by atoms with Crippen molar-refractivity contribution < 1.29 is 30.0 Å².